The molecule has 1 aromatic carbocycles. The molecular weight excluding hydrogens is 474 g/mol. The van der Waals surface area contributed by atoms with Crippen LogP contribution in [0.2, 0.25) is 0 Å². The van der Waals surface area contributed by atoms with E-state index < -0.39 is 21.3 Å². The Morgan fingerprint density at radius 1 is 1.14 bits per heavy atom. The molecule has 1 aliphatic heterocycles. The molecule has 1 saturated heterocycles. The van der Waals surface area contributed by atoms with Crippen LogP contribution in [-0.2, 0) is 28.4 Å². The average Bonchev–Trinajstić information content (AvgIpc) is 3.32. The summed E-state index contributed by atoms with van der Waals surface area (Å²) in [7, 11) is -2.34. The number of hydrogen-bond acceptors (Lipinski definition) is 7. The molecule has 2 aromatic heterocycles. The Hall–Kier alpha value is -2.96. The van der Waals surface area contributed by atoms with Gasteiger partial charge in [-0.25, -0.2) is 18.2 Å². The van der Waals surface area contributed by atoms with E-state index in [1.807, 2.05) is 13.8 Å². The predicted octanol–water partition coefficient (Wildman–Crippen LogP) is 1.70. The van der Waals surface area contributed by atoms with Crippen molar-refractivity contribution < 1.29 is 17.9 Å². The summed E-state index contributed by atoms with van der Waals surface area (Å²) >= 11 is 0. The number of nitrogens with one attached hydrogen (secondary N) is 1. The van der Waals surface area contributed by atoms with Gasteiger partial charge in [-0.15, -0.1) is 0 Å². The van der Waals surface area contributed by atoms with E-state index in [-0.39, 0.29) is 35.0 Å². The number of H-pyrrole nitrogens is 1. The second kappa shape index (κ2) is 10.3. The molecule has 0 atom stereocenters. The third-order valence-corrected chi connectivity index (χ3v) is 7.88. The number of benzene rings is 1. The molecule has 0 bridgehead atoms. The van der Waals surface area contributed by atoms with Gasteiger partial charge in [0.25, 0.3) is 5.56 Å². The number of unbranched alkanes of at least 4 members (excludes halogenated alkanes) is 1. The van der Waals surface area contributed by atoms with Crippen molar-refractivity contribution in [3.8, 4) is 17.1 Å². The maximum absolute atomic E-state index is 13.3. The summed E-state index contributed by atoms with van der Waals surface area (Å²) in [6.45, 7) is 6.04. The van der Waals surface area contributed by atoms with Gasteiger partial charge in [0, 0.05) is 26.7 Å². The predicted molar refractivity (Wildman–Crippen MR) is 131 cm³/mol. The van der Waals surface area contributed by atoms with Gasteiger partial charge in [-0.05, 0) is 31.0 Å². The first kappa shape index (κ1) is 25.1. The van der Waals surface area contributed by atoms with Crippen molar-refractivity contribution in [2.24, 2.45) is 7.05 Å². The molecule has 0 unspecified atom stereocenters. The number of ether oxygens (including phenoxy) is 2. The monoisotopic (exact) mass is 505 g/mol. The summed E-state index contributed by atoms with van der Waals surface area (Å²) in [6, 6.07) is 4.62. The van der Waals surface area contributed by atoms with Gasteiger partial charge < -0.3 is 14.5 Å². The SMILES string of the molecule is CCCCn1c(=O)n(C)c(=O)c2[nH]c(-c3cc(S(=O)(=O)N4CCOCC4)ccc3OCCC)nc21. The van der Waals surface area contributed by atoms with E-state index in [0.29, 0.717) is 37.7 Å². The number of morpholine rings is 1. The average molecular weight is 506 g/mol. The fourth-order valence-electron chi connectivity index (χ4n) is 4.01. The molecule has 0 radical (unpaired) electrons. The maximum atomic E-state index is 13.3. The van der Waals surface area contributed by atoms with Crippen molar-refractivity contribution >= 4 is 21.2 Å². The summed E-state index contributed by atoms with van der Waals surface area (Å²) in [5, 5.41) is 0. The molecule has 3 heterocycles. The maximum Gasteiger partial charge on any atom is 0.332 e. The normalized spacial score (nSPS) is 15.1. The van der Waals surface area contributed by atoms with Crippen LogP contribution in [-0.4, -0.2) is 64.7 Å². The fourth-order valence-corrected chi connectivity index (χ4v) is 5.44. The highest BCUT2D eigenvalue weighted by Crippen LogP contribution is 2.33. The summed E-state index contributed by atoms with van der Waals surface area (Å²) in [5.74, 6) is 0.698. The minimum atomic E-state index is -3.77. The Bertz CT molecular complexity index is 1430. The Kier molecular flexibility index (Phi) is 7.43. The quantitative estimate of drug-likeness (QED) is 0.469. The van der Waals surface area contributed by atoms with Crippen LogP contribution in [0.1, 0.15) is 33.1 Å². The van der Waals surface area contributed by atoms with Crippen molar-refractivity contribution in [2.75, 3.05) is 32.9 Å². The van der Waals surface area contributed by atoms with Gasteiger partial charge >= 0.3 is 5.69 Å². The number of aromatic amines is 1. The molecule has 1 N–H and O–H groups in total. The molecule has 1 aliphatic rings. The van der Waals surface area contributed by atoms with Crippen LogP contribution in [0.5, 0.6) is 5.75 Å². The minimum absolute atomic E-state index is 0.0926. The third-order valence-electron chi connectivity index (χ3n) is 5.99. The van der Waals surface area contributed by atoms with Gasteiger partial charge in [-0.3, -0.25) is 13.9 Å². The van der Waals surface area contributed by atoms with Crippen molar-refractivity contribution in [2.45, 2.75) is 44.6 Å². The lowest BCUT2D eigenvalue weighted by Gasteiger charge is -2.26. The van der Waals surface area contributed by atoms with E-state index in [4.69, 9.17) is 9.47 Å². The van der Waals surface area contributed by atoms with E-state index in [9.17, 15) is 18.0 Å². The molecular formula is C23H31N5O6S. The van der Waals surface area contributed by atoms with Crippen molar-refractivity contribution in [1.82, 2.24) is 23.4 Å². The first-order valence-corrected chi connectivity index (χ1v) is 13.3. The number of rotatable bonds is 9. The number of hydrogen-bond donors (Lipinski definition) is 1. The van der Waals surface area contributed by atoms with E-state index in [0.717, 1.165) is 23.8 Å². The molecule has 3 aromatic rings. The van der Waals surface area contributed by atoms with Crippen LogP contribution in [0.25, 0.3) is 22.6 Å². The van der Waals surface area contributed by atoms with E-state index >= 15 is 0 Å². The number of fused-ring (bicyclic) bond motifs is 1. The molecule has 190 valence electrons. The van der Waals surface area contributed by atoms with Gasteiger partial charge in [0.15, 0.2) is 5.65 Å². The molecule has 4 rings (SSSR count). The number of imidazole rings is 1. The Morgan fingerprint density at radius 3 is 2.57 bits per heavy atom. The van der Waals surface area contributed by atoms with Crippen LogP contribution in [0.4, 0.5) is 0 Å². The molecule has 0 amide bonds. The smallest absolute Gasteiger partial charge is 0.332 e. The standard InChI is InChI=1S/C23H31N5O6S/c1-4-6-9-28-21-19(22(29)26(3)23(28)30)24-20(25-21)17-15-16(7-8-18(17)34-12-5-2)35(31,32)27-10-13-33-14-11-27/h7-8,15H,4-6,9-14H2,1-3H3,(H,24,25). The number of aromatic nitrogens is 4. The zero-order valence-corrected chi connectivity index (χ0v) is 21.1. The lowest BCUT2D eigenvalue weighted by Crippen LogP contribution is -2.40. The van der Waals surface area contributed by atoms with Crippen LogP contribution >= 0.6 is 0 Å². The van der Waals surface area contributed by atoms with Crippen molar-refractivity contribution in [3.63, 3.8) is 0 Å². The van der Waals surface area contributed by atoms with Crippen LogP contribution in [0, 0.1) is 0 Å². The number of aryl methyl sites for hydroxylation is 1. The molecule has 12 heteroatoms. The van der Waals surface area contributed by atoms with Crippen LogP contribution < -0.4 is 16.0 Å². The van der Waals surface area contributed by atoms with Gasteiger partial charge in [-0.1, -0.05) is 20.3 Å². The lowest BCUT2D eigenvalue weighted by atomic mass is 10.2. The van der Waals surface area contributed by atoms with Gasteiger partial charge in [0.05, 0.1) is 30.3 Å². The summed E-state index contributed by atoms with van der Waals surface area (Å²) in [5.41, 5.74) is -0.115. The number of sulfonamides is 1. The van der Waals surface area contributed by atoms with Crippen LogP contribution in [0.15, 0.2) is 32.7 Å². The Balaban J connectivity index is 1.89. The summed E-state index contributed by atoms with van der Waals surface area (Å²) < 4.78 is 41.7. The Labute approximate surface area is 203 Å². The second-order valence-electron chi connectivity index (χ2n) is 8.46. The van der Waals surface area contributed by atoms with Gasteiger partial charge in [0.2, 0.25) is 10.0 Å². The van der Waals surface area contributed by atoms with Gasteiger partial charge in [0.1, 0.15) is 17.1 Å². The topological polar surface area (TPSA) is 129 Å². The van der Waals surface area contributed by atoms with E-state index in [1.54, 1.807) is 6.07 Å². The lowest BCUT2D eigenvalue weighted by molar-refractivity contribution is 0.0730. The summed E-state index contributed by atoms with van der Waals surface area (Å²) in [6.07, 6.45) is 2.36. The molecule has 35 heavy (non-hydrogen) atoms. The largest absolute Gasteiger partial charge is 0.493 e. The van der Waals surface area contributed by atoms with E-state index in [2.05, 4.69) is 9.97 Å². The highest BCUT2D eigenvalue weighted by atomic mass is 32.2. The minimum Gasteiger partial charge on any atom is -0.493 e. The molecule has 11 nitrogen and oxygen atoms in total. The van der Waals surface area contributed by atoms with Crippen molar-refractivity contribution in [3.05, 3.63) is 39.0 Å². The zero-order chi connectivity index (χ0) is 25.2. The molecule has 0 spiro atoms. The fraction of sp³-hybridized carbons (Fsp3) is 0.522. The highest BCUT2D eigenvalue weighted by Gasteiger charge is 2.28. The Morgan fingerprint density at radius 2 is 1.89 bits per heavy atom. The molecule has 0 saturated carbocycles. The number of nitrogens with zero attached hydrogens (tertiary/aromatic N) is 4. The molecule has 1 fully saturated rings. The van der Waals surface area contributed by atoms with Gasteiger partial charge in [-0.2, -0.15) is 4.31 Å². The second-order valence-corrected chi connectivity index (χ2v) is 10.4. The first-order valence-electron chi connectivity index (χ1n) is 11.8. The third kappa shape index (κ3) is 4.78. The summed E-state index contributed by atoms with van der Waals surface area (Å²) in [4.78, 5) is 33.3. The molecule has 0 aliphatic carbocycles. The zero-order valence-electron chi connectivity index (χ0n) is 20.2. The van der Waals surface area contributed by atoms with Crippen molar-refractivity contribution in [1.29, 1.82) is 0 Å². The van der Waals surface area contributed by atoms with E-state index in [1.165, 1.54) is 28.1 Å². The highest BCUT2D eigenvalue weighted by molar-refractivity contribution is 7.89. The first-order chi connectivity index (χ1) is 16.8. The van der Waals surface area contributed by atoms with Crippen LogP contribution in [0.3, 0.4) is 0 Å².